The van der Waals surface area contributed by atoms with Crippen molar-refractivity contribution in [2.45, 2.75) is 32.0 Å². The van der Waals surface area contributed by atoms with Gasteiger partial charge in [-0.15, -0.1) is 0 Å². The molecule has 2 unspecified atom stereocenters. The van der Waals surface area contributed by atoms with Crippen molar-refractivity contribution < 1.29 is 60.3 Å². The lowest BCUT2D eigenvalue weighted by Gasteiger charge is -2.31. The zero-order valence-corrected chi connectivity index (χ0v) is 36.9. The number of anilines is 2. The third-order valence-electron chi connectivity index (χ3n) is 10.2. The molecular weight excluding hydrogens is 879 g/mol. The third kappa shape index (κ3) is 14.1. The van der Waals surface area contributed by atoms with Crippen LogP contribution in [-0.4, -0.2) is 120 Å². The number of piperidine rings is 1. The quantitative estimate of drug-likeness (QED) is 0.0425. The second-order valence-electron chi connectivity index (χ2n) is 15.0. The lowest BCUT2D eigenvalue weighted by atomic mass is 9.97. The van der Waals surface area contributed by atoms with Crippen LogP contribution in [0.3, 0.4) is 0 Å². The van der Waals surface area contributed by atoms with Crippen LogP contribution >= 0.6 is 0 Å². The van der Waals surface area contributed by atoms with E-state index in [9.17, 15) is 32.4 Å². The summed E-state index contributed by atoms with van der Waals surface area (Å²) in [5, 5.41) is 20.9. The van der Waals surface area contributed by atoms with Gasteiger partial charge in [0.25, 0.3) is 10.1 Å². The highest BCUT2D eigenvalue weighted by molar-refractivity contribution is 7.86. The maximum absolute atomic E-state index is 12.5. The molecule has 7 rings (SSSR count). The van der Waals surface area contributed by atoms with Gasteiger partial charge in [0.2, 0.25) is 0 Å². The summed E-state index contributed by atoms with van der Waals surface area (Å²) < 4.78 is 52.8. The molecular formula is C45H49N7O13S. The Balaban J connectivity index is 0.000000222. The molecule has 3 aliphatic heterocycles. The minimum absolute atomic E-state index is 0.0595. The van der Waals surface area contributed by atoms with Crippen molar-refractivity contribution in [2.24, 2.45) is 5.92 Å². The minimum atomic E-state index is -3.63. The number of carbonyl (C=O) groups is 5. The van der Waals surface area contributed by atoms with Gasteiger partial charge in [0.15, 0.2) is 0 Å². The number of amidine groups is 2. The van der Waals surface area contributed by atoms with Crippen LogP contribution in [-0.2, 0) is 33.3 Å². The summed E-state index contributed by atoms with van der Waals surface area (Å²) in [7, 11) is -3.63. The van der Waals surface area contributed by atoms with Gasteiger partial charge in [0.1, 0.15) is 42.0 Å². The number of nitrogens with zero attached hydrogens (tertiary/aromatic N) is 3. The fourth-order valence-electron chi connectivity index (χ4n) is 6.95. The third-order valence-corrected chi connectivity index (χ3v) is 10.7. The number of ether oxygens (including phenoxy) is 5. The zero-order chi connectivity index (χ0) is 47.2. The molecule has 0 aliphatic carbocycles. The monoisotopic (exact) mass is 927 g/mol. The molecule has 0 aromatic heterocycles. The number of hydrogen-bond acceptors (Lipinski definition) is 16. The van der Waals surface area contributed by atoms with E-state index in [1.54, 1.807) is 108 Å². The average molecular weight is 928 g/mol. The smallest absolute Gasteiger partial charge is 0.418 e. The summed E-state index contributed by atoms with van der Waals surface area (Å²) in [4.78, 5) is 65.4. The van der Waals surface area contributed by atoms with Crippen LogP contribution in [0.4, 0.5) is 30.6 Å². The first-order valence-corrected chi connectivity index (χ1v) is 22.6. The molecule has 4 aromatic carbocycles. The van der Waals surface area contributed by atoms with Crippen LogP contribution in [0.15, 0.2) is 109 Å². The molecule has 348 valence electrons. The van der Waals surface area contributed by atoms with Crippen LogP contribution in [0.1, 0.15) is 30.9 Å². The second-order valence-corrected chi connectivity index (χ2v) is 16.7. The molecule has 0 spiro atoms. The molecule has 2 atom stereocenters. The summed E-state index contributed by atoms with van der Waals surface area (Å²) in [5.74, 6) is 0.247. The molecule has 3 fully saturated rings. The summed E-state index contributed by atoms with van der Waals surface area (Å²) in [6.07, 6.45) is -1.21. The molecule has 0 saturated carbocycles. The number of amides is 4. The summed E-state index contributed by atoms with van der Waals surface area (Å²) in [6, 6.07) is 30.0. The Labute approximate surface area is 380 Å². The number of rotatable bonds is 13. The van der Waals surface area contributed by atoms with Gasteiger partial charge in [-0.2, -0.15) is 8.42 Å². The van der Waals surface area contributed by atoms with Gasteiger partial charge in [-0.05, 0) is 106 Å². The van der Waals surface area contributed by atoms with Crippen molar-refractivity contribution in [3.05, 3.63) is 120 Å². The van der Waals surface area contributed by atoms with E-state index in [1.165, 1.54) is 4.90 Å². The maximum atomic E-state index is 12.5. The van der Waals surface area contributed by atoms with E-state index in [-0.39, 0.29) is 42.8 Å². The first-order valence-electron chi connectivity index (χ1n) is 20.8. The Kier molecular flexibility index (Phi) is 16.4. The van der Waals surface area contributed by atoms with Gasteiger partial charge in [0.05, 0.1) is 31.9 Å². The van der Waals surface area contributed by atoms with Gasteiger partial charge in [-0.1, -0.05) is 36.4 Å². The normalized spacial score (nSPS) is 17.4. The molecule has 4 N–H and O–H groups in total. The van der Waals surface area contributed by atoms with Crippen LogP contribution in [0.5, 0.6) is 11.5 Å². The Morgan fingerprint density at radius 2 is 1.12 bits per heavy atom. The Morgan fingerprint density at radius 1 is 0.682 bits per heavy atom. The zero-order valence-electron chi connectivity index (χ0n) is 36.0. The van der Waals surface area contributed by atoms with E-state index in [2.05, 4.69) is 19.7 Å². The minimum Gasteiger partial charge on any atom is -0.466 e. The Hall–Kier alpha value is -7.36. The SMILES string of the molecule is CCOC(=O)C1CCN(CC2CN(c3ccc(C(=N)NC(=O)Oc4ccccc4)cc3)C(=O)O2)CC1.CS(=O)(=O)OCC1CN(c2ccc(C(=N)NC(=O)Oc3ccccc3)cc2)C(=O)O1. The average Bonchev–Trinajstić information content (AvgIpc) is 3.87. The van der Waals surface area contributed by atoms with E-state index in [4.69, 9.17) is 34.5 Å². The van der Waals surface area contributed by atoms with Gasteiger partial charge in [-0.3, -0.25) is 45.1 Å². The van der Waals surface area contributed by atoms with Gasteiger partial charge in [0, 0.05) is 29.0 Å². The summed E-state index contributed by atoms with van der Waals surface area (Å²) in [6.45, 7) is 4.59. The topological polar surface area (TPSA) is 256 Å². The molecule has 3 heterocycles. The van der Waals surface area contributed by atoms with Crippen molar-refractivity contribution in [2.75, 3.05) is 62.0 Å². The van der Waals surface area contributed by atoms with E-state index in [0.29, 0.717) is 53.7 Å². The number of hydrogen-bond donors (Lipinski definition) is 4. The first kappa shape index (κ1) is 48.1. The number of para-hydroxylation sites is 2. The number of benzene rings is 4. The van der Waals surface area contributed by atoms with Crippen LogP contribution in [0, 0.1) is 16.7 Å². The molecule has 3 aliphatic rings. The van der Waals surface area contributed by atoms with Crippen LogP contribution in [0.25, 0.3) is 0 Å². The molecule has 0 radical (unpaired) electrons. The lowest BCUT2D eigenvalue weighted by molar-refractivity contribution is -0.149. The van der Waals surface area contributed by atoms with Crippen molar-refractivity contribution in [1.82, 2.24) is 15.5 Å². The van der Waals surface area contributed by atoms with Crippen molar-refractivity contribution >= 4 is 63.5 Å². The van der Waals surface area contributed by atoms with Crippen LogP contribution < -0.4 is 29.9 Å². The molecule has 20 nitrogen and oxygen atoms in total. The van der Waals surface area contributed by atoms with Crippen molar-refractivity contribution in [1.29, 1.82) is 10.8 Å². The fraction of sp³-hybridized carbons (Fsp3) is 0.311. The molecule has 66 heavy (non-hydrogen) atoms. The predicted octanol–water partition coefficient (Wildman–Crippen LogP) is 5.50. The molecule has 0 bridgehead atoms. The van der Waals surface area contributed by atoms with E-state index < -0.39 is 40.6 Å². The van der Waals surface area contributed by atoms with Crippen LogP contribution in [0.2, 0.25) is 0 Å². The highest BCUT2D eigenvalue weighted by Gasteiger charge is 2.36. The summed E-state index contributed by atoms with van der Waals surface area (Å²) in [5.41, 5.74) is 2.00. The predicted molar refractivity (Wildman–Crippen MR) is 240 cm³/mol. The van der Waals surface area contributed by atoms with Crippen molar-refractivity contribution in [3.8, 4) is 11.5 Å². The molecule has 4 amide bonds. The fourth-order valence-corrected chi connectivity index (χ4v) is 7.35. The Bertz CT molecular complexity index is 2470. The summed E-state index contributed by atoms with van der Waals surface area (Å²) >= 11 is 0. The largest absolute Gasteiger partial charge is 0.466 e. The van der Waals surface area contributed by atoms with E-state index in [1.807, 2.05) is 13.0 Å². The number of carbonyl (C=O) groups excluding carboxylic acids is 5. The Morgan fingerprint density at radius 3 is 1.56 bits per heavy atom. The number of cyclic esters (lactones) is 2. The number of likely N-dealkylation sites (tertiary alicyclic amines) is 1. The number of esters is 1. The highest BCUT2D eigenvalue weighted by atomic mass is 32.2. The van der Waals surface area contributed by atoms with Gasteiger partial charge in [-0.25, -0.2) is 19.2 Å². The van der Waals surface area contributed by atoms with Gasteiger partial charge < -0.3 is 23.7 Å². The molecule has 3 saturated heterocycles. The number of nitrogens with one attached hydrogen (secondary N) is 4. The van der Waals surface area contributed by atoms with E-state index in [0.717, 1.165) is 32.2 Å². The molecule has 21 heteroatoms. The lowest BCUT2D eigenvalue weighted by Crippen LogP contribution is -2.41. The highest BCUT2D eigenvalue weighted by Crippen LogP contribution is 2.26. The van der Waals surface area contributed by atoms with Gasteiger partial charge >= 0.3 is 30.3 Å². The second kappa shape index (κ2) is 22.5. The first-order chi connectivity index (χ1) is 31.6. The van der Waals surface area contributed by atoms with E-state index >= 15 is 0 Å². The maximum Gasteiger partial charge on any atom is 0.418 e. The van der Waals surface area contributed by atoms with Crippen molar-refractivity contribution in [3.63, 3.8) is 0 Å². The standard InChI is InChI=1S/C26H30N4O6.C19H19N3O7S/c1-2-34-24(31)19-12-14-29(15-13-19)16-22-17-30(26(33)36-22)20-10-8-18(9-11-20)23(27)28-25(32)35-21-6-4-3-5-7-21;1-30(25,26)27-12-16-11-22(19(24)29-16)14-9-7-13(8-10-14)17(20)21-18(23)28-15-5-3-2-4-6-15/h3-11,19,22H,2,12-17H2,1H3,(H2,27,28,32);2-10,16H,11-12H2,1H3,(H2,20,21,23). The molecule has 4 aromatic rings.